The average Bonchev–Trinajstić information content (AvgIpc) is 2.46. The molecule has 0 saturated carbocycles. The molecule has 0 radical (unpaired) electrons. The summed E-state index contributed by atoms with van der Waals surface area (Å²) in [5.41, 5.74) is -2.54. The quantitative estimate of drug-likeness (QED) is 0.690. The molecule has 0 aromatic rings. The van der Waals surface area contributed by atoms with Gasteiger partial charge in [-0.1, -0.05) is 0 Å². The van der Waals surface area contributed by atoms with Crippen molar-refractivity contribution in [1.29, 1.82) is 0 Å². The van der Waals surface area contributed by atoms with Crippen LogP contribution in [-0.4, -0.2) is 47.7 Å². The fraction of sp³-hybridized carbons (Fsp3) is 0.833. The molecule has 1 aliphatic rings. The zero-order valence-corrected chi connectivity index (χ0v) is 11.8. The Morgan fingerprint density at radius 3 is 2.21 bits per heavy atom. The van der Waals surface area contributed by atoms with E-state index in [9.17, 15) is 18.4 Å². The minimum absolute atomic E-state index is 0.740. The molecule has 1 fully saturated rings. The summed E-state index contributed by atoms with van der Waals surface area (Å²) in [6, 6.07) is 0. The standard InChI is InChI=1S/C12H19F2NO4/c1-10(2,3)19-9(17)15-7-12(13,14)6-11(15,4)8(16)18-5/h6-7H2,1-5H3/t11-/m1/s1. The first-order valence-electron chi connectivity index (χ1n) is 5.88. The van der Waals surface area contributed by atoms with Gasteiger partial charge in [-0.05, 0) is 27.7 Å². The van der Waals surface area contributed by atoms with Crippen LogP contribution in [0.25, 0.3) is 0 Å². The van der Waals surface area contributed by atoms with Crippen LogP contribution in [0.1, 0.15) is 34.1 Å². The lowest BCUT2D eigenvalue weighted by Gasteiger charge is -2.33. The number of amides is 1. The van der Waals surface area contributed by atoms with E-state index < -0.39 is 42.1 Å². The van der Waals surface area contributed by atoms with Gasteiger partial charge < -0.3 is 9.47 Å². The Hall–Kier alpha value is -1.40. The Bertz CT molecular complexity index is 392. The van der Waals surface area contributed by atoms with Crippen LogP contribution in [0.2, 0.25) is 0 Å². The number of ether oxygens (including phenoxy) is 2. The Kier molecular flexibility index (Phi) is 3.80. The average molecular weight is 279 g/mol. The van der Waals surface area contributed by atoms with E-state index in [1.807, 2.05) is 0 Å². The summed E-state index contributed by atoms with van der Waals surface area (Å²) in [4.78, 5) is 24.4. The Morgan fingerprint density at radius 1 is 1.26 bits per heavy atom. The summed E-state index contributed by atoms with van der Waals surface area (Å²) in [6.45, 7) is 5.26. The summed E-state index contributed by atoms with van der Waals surface area (Å²) in [5, 5.41) is 0. The third-order valence-corrected chi connectivity index (χ3v) is 2.83. The van der Waals surface area contributed by atoms with Crippen molar-refractivity contribution < 1.29 is 27.8 Å². The van der Waals surface area contributed by atoms with Crippen molar-refractivity contribution in [1.82, 2.24) is 4.90 Å². The molecule has 5 nitrogen and oxygen atoms in total. The lowest BCUT2D eigenvalue weighted by atomic mass is 9.98. The molecule has 1 heterocycles. The van der Waals surface area contributed by atoms with Crippen molar-refractivity contribution in [2.45, 2.75) is 51.2 Å². The number of rotatable bonds is 1. The third kappa shape index (κ3) is 3.33. The van der Waals surface area contributed by atoms with E-state index in [1.54, 1.807) is 20.8 Å². The van der Waals surface area contributed by atoms with Crippen molar-refractivity contribution >= 4 is 12.1 Å². The predicted molar refractivity (Wildman–Crippen MR) is 62.9 cm³/mol. The van der Waals surface area contributed by atoms with Crippen molar-refractivity contribution in [2.75, 3.05) is 13.7 Å². The Balaban J connectivity index is 3.02. The highest BCUT2D eigenvalue weighted by atomic mass is 19.3. The molecule has 0 aromatic carbocycles. The van der Waals surface area contributed by atoms with Gasteiger partial charge in [-0.3, -0.25) is 4.90 Å². The number of nitrogens with zero attached hydrogens (tertiary/aromatic N) is 1. The highest BCUT2D eigenvalue weighted by molar-refractivity contribution is 5.86. The van der Waals surface area contributed by atoms with Gasteiger partial charge in [-0.2, -0.15) is 0 Å². The van der Waals surface area contributed by atoms with E-state index in [-0.39, 0.29) is 0 Å². The summed E-state index contributed by atoms with van der Waals surface area (Å²) < 4.78 is 36.6. The smallest absolute Gasteiger partial charge is 0.411 e. The molecule has 1 saturated heterocycles. The first-order chi connectivity index (χ1) is 8.41. The van der Waals surface area contributed by atoms with Gasteiger partial charge >= 0.3 is 12.1 Å². The molecule has 0 unspecified atom stereocenters. The molecular formula is C12H19F2NO4. The van der Waals surface area contributed by atoms with E-state index in [0.29, 0.717) is 0 Å². The molecule has 1 aliphatic heterocycles. The van der Waals surface area contributed by atoms with Gasteiger partial charge in [0.15, 0.2) is 0 Å². The number of carbonyl (C=O) groups is 2. The number of likely N-dealkylation sites (tertiary alicyclic amines) is 1. The zero-order chi connectivity index (χ0) is 15.1. The van der Waals surface area contributed by atoms with E-state index in [0.717, 1.165) is 12.0 Å². The van der Waals surface area contributed by atoms with Crippen molar-refractivity contribution in [3.05, 3.63) is 0 Å². The second-order valence-electron chi connectivity index (χ2n) is 5.86. The van der Waals surface area contributed by atoms with Crippen LogP contribution in [0.5, 0.6) is 0 Å². The lowest BCUT2D eigenvalue weighted by Crippen LogP contribution is -2.52. The van der Waals surface area contributed by atoms with Crippen molar-refractivity contribution in [3.63, 3.8) is 0 Å². The van der Waals surface area contributed by atoms with E-state index in [1.165, 1.54) is 6.92 Å². The molecule has 0 aromatic heterocycles. The molecule has 0 bridgehead atoms. The second kappa shape index (κ2) is 4.61. The van der Waals surface area contributed by atoms with Crippen LogP contribution in [0.3, 0.4) is 0 Å². The number of hydrogen-bond donors (Lipinski definition) is 0. The van der Waals surface area contributed by atoms with Crippen LogP contribution in [0.15, 0.2) is 0 Å². The van der Waals surface area contributed by atoms with Gasteiger partial charge in [-0.15, -0.1) is 0 Å². The highest BCUT2D eigenvalue weighted by Crippen LogP contribution is 2.40. The molecule has 7 heteroatoms. The maximum absolute atomic E-state index is 13.5. The minimum Gasteiger partial charge on any atom is -0.467 e. The molecule has 0 spiro atoms. The molecule has 0 N–H and O–H groups in total. The number of alkyl halides is 2. The zero-order valence-electron chi connectivity index (χ0n) is 11.8. The number of methoxy groups -OCH3 is 1. The number of halogens is 2. The first kappa shape index (κ1) is 15.7. The van der Waals surface area contributed by atoms with E-state index >= 15 is 0 Å². The normalized spacial score (nSPS) is 26.2. The number of esters is 1. The summed E-state index contributed by atoms with van der Waals surface area (Å²) in [7, 11) is 1.09. The fourth-order valence-electron chi connectivity index (χ4n) is 2.05. The van der Waals surface area contributed by atoms with Crippen LogP contribution in [-0.2, 0) is 14.3 Å². The third-order valence-electron chi connectivity index (χ3n) is 2.83. The highest BCUT2D eigenvalue weighted by Gasteiger charge is 2.59. The van der Waals surface area contributed by atoms with Gasteiger partial charge in [0.1, 0.15) is 11.1 Å². The Morgan fingerprint density at radius 2 is 1.79 bits per heavy atom. The molecule has 1 amide bonds. The summed E-state index contributed by atoms with van der Waals surface area (Å²) in [6.07, 6.45) is -1.72. The van der Waals surface area contributed by atoms with Crippen LogP contribution in [0.4, 0.5) is 13.6 Å². The summed E-state index contributed by atoms with van der Waals surface area (Å²) >= 11 is 0. The second-order valence-corrected chi connectivity index (χ2v) is 5.86. The number of hydrogen-bond acceptors (Lipinski definition) is 4. The monoisotopic (exact) mass is 279 g/mol. The molecule has 19 heavy (non-hydrogen) atoms. The molecule has 110 valence electrons. The first-order valence-corrected chi connectivity index (χ1v) is 5.88. The van der Waals surface area contributed by atoms with Gasteiger partial charge in [-0.25, -0.2) is 18.4 Å². The van der Waals surface area contributed by atoms with Crippen molar-refractivity contribution in [2.24, 2.45) is 0 Å². The van der Waals surface area contributed by atoms with Gasteiger partial charge in [0.2, 0.25) is 0 Å². The van der Waals surface area contributed by atoms with Crippen molar-refractivity contribution in [3.8, 4) is 0 Å². The summed E-state index contributed by atoms with van der Waals surface area (Å²) in [5.74, 6) is -4.02. The molecular weight excluding hydrogens is 260 g/mol. The number of carbonyl (C=O) groups excluding carboxylic acids is 2. The molecule has 1 atom stereocenters. The maximum atomic E-state index is 13.5. The van der Waals surface area contributed by atoms with E-state index in [2.05, 4.69) is 4.74 Å². The topological polar surface area (TPSA) is 55.8 Å². The van der Waals surface area contributed by atoms with Crippen LogP contribution < -0.4 is 0 Å². The maximum Gasteiger partial charge on any atom is 0.411 e. The lowest BCUT2D eigenvalue weighted by molar-refractivity contribution is -0.152. The predicted octanol–water partition coefficient (Wildman–Crippen LogP) is 2.19. The molecule has 0 aliphatic carbocycles. The Labute approximate surface area is 110 Å². The van der Waals surface area contributed by atoms with E-state index in [4.69, 9.17) is 4.74 Å². The van der Waals surface area contributed by atoms with Gasteiger partial charge in [0.25, 0.3) is 5.92 Å². The van der Waals surface area contributed by atoms with Crippen LogP contribution >= 0.6 is 0 Å². The fourth-order valence-corrected chi connectivity index (χ4v) is 2.05. The SMILES string of the molecule is COC(=O)[C@@]1(C)CC(F)(F)CN1C(=O)OC(C)(C)C. The van der Waals surface area contributed by atoms with Gasteiger partial charge in [0, 0.05) is 6.42 Å². The van der Waals surface area contributed by atoms with Gasteiger partial charge in [0.05, 0.1) is 13.7 Å². The largest absolute Gasteiger partial charge is 0.467 e. The minimum atomic E-state index is -3.14. The molecule has 1 rings (SSSR count). The van der Waals surface area contributed by atoms with Crippen LogP contribution in [0, 0.1) is 0 Å².